The van der Waals surface area contributed by atoms with Crippen LogP contribution in [0.4, 0.5) is 13.2 Å². The Morgan fingerprint density at radius 2 is 1.90 bits per heavy atom. The molecule has 1 aromatic carbocycles. The molecule has 0 aliphatic heterocycles. The fourth-order valence-electron chi connectivity index (χ4n) is 3.59. The van der Waals surface area contributed by atoms with Crippen LogP contribution in [0.5, 0.6) is 0 Å². The Morgan fingerprint density at radius 1 is 1.23 bits per heavy atom. The molecule has 2 heterocycles. The second kappa shape index (κ2) is 8.33. The number of benzene rings is 1. The molecular formula is C21H23F3N4O2. The maximum atomic E-state index is 13.4. The summed E-state index contributed by atoms with van der Waals surface area (Å²) in [5.41, 5.74) is -0.680. The van der Waals surface area contributed by atoms with Crippen molar-refractivity contribution in [1.29, 1.82) is 0 Å². The molecule has 0 saturated carbocycles. The zero-order chi connectivity index (χ0) is 22.1. The van der Waals surface area contributed by atoms with Crippen molar-refractivity contribution in [1.82, 2.24) is 19.7 Å². The van der Waals surface area contributed by atoms with Crippen LogP contribution >= 0.6 is 0 Å². The lowest BCUT2D eigenvalue weighted by Crippen LogP contribution is -2.38. The number of alkyl halides is 3. The van der Waals surface area contributed by atoms with Crippen LogP contribution in [0, 0.1) is 6.92 Å². The molecule has 0 radical (unpaired) electrons. The van der Waals surface area contributed by atoms with Gasteiger partial charge in [0.25, 0.3) is 5.56 Å². The molecule has 30 heavy (non-hydrogen) atoms. The predicted molar refractivity (Wildman–Crippen MR) is 107 cm³/mol. The maximum Gasteiger partial charge on any atom is 0.417 e. The molecule has 0 spiro atoms. The average molecular weight is 420 g/mol. The lowest BCUT2D eigenvalue weighted by Gasteiger charge is -2.16. The summed E-state index contributed by atoms with van der Waals surface area (Å²) >= 11 is 0. The first-order valence-corrected chi connectivity index (χ1v) is 9.55. The van der Waals surface area contributed by atoms with E-state index in [-0.39, 0.29) is 29.3 Å². The molecule has 0 aliphatic rings. The highest BCUT2D eigenvalue weighted by Crippen LogP contribution is 2.35. The molecule has 3 aromatic rings. The lowest BCUT2D eigenvalue weighted by atomic mass is 10.1. The molecule has 0 fully saturated rings. The first-order chi connectivity index (χ1) is 14.1. The second-order valence-corrected chi connectivity index (χ2v) is 7.38. The Balaban J connectivity index is 1.81. The maximum absolute atomic E-state index is 13.4. The van der Waals surface area contributed by atoms with Crippen molar-refractivity contribution in [2.75, 3.05) is 0 Å². The summed E-state index contributed by atoms with van der Waals surface area (Å²) in [6.45, 7) is 2.90. The van der Waals surface area contributed by atoms with Crippen LogP contribution in [0.25, 0.3) is 11.0 Å². The second-order valence-electron chi connectivity index (χ2n) is 7.38. The fourth-order valence-corrected chi connectivity index (χ4v) is 3.59. The molecule has 0 aliphatic carbocycles. The van der Waals surface area contributed by atoms with Crippen molar-refractivity contribution >= 4 is 16.9 Å². The highest BCUT2D eigenvalue weighted by Gasteiger charge is 2.36. The number of fused-ring (bicyclic) bond motifs is 1. The number of hydrogen-bond donors (Lipinski definition) is 1. The van der Waals surface area contributed by atoms with Gasteiger partial charge in [0.2, 0.25) is 5.91 Å². The van der Waals surface area contributed by atoms with Gasteiger partial charge in [-0.2, -0.15) is 18.3 Å². The topological polar surface area (TPSA) is 68.9 Å². The van der Waals surface area contributed by atoms with Crippen LogP contribution in [0.2, 0.25) is 0 Å². The number of nitrogens with zero attached hydrogens (tertiary/aromatic N) is 3. The number of carbonyl (C=O) groups excluding carboxylic acids is 1. The highest BCUT2D eigenvalue weighted by atomic mass is 19.4. The number of pyridine rings is 1. The molecule has 1 atom stereocenters. The van der Waals surface area contributed by atoms with E-state index in [9.17, 15) is 22.8 Å². The van der Waals surface area contributed by atoms with Crippen molar-refractivity contribution in [3.63, 3.8) is 0 Å². The number of hydrogen-bond acceptors (Lipinski definition) is 3. The van der Waals surface area contributed by atoms with E-state index in [2.05, 4.69) is 10.4 Å². The number of aryl methyl sites for hydroxylation is 3. The van der Waals surface area contributed by atoms with Crippen molar-refractivity contribution in [3.8, 4) is 0 Å². The van der Waals surface area contributed by atoms with Crippen LogP contribution in [-0.2, 0) is 31.0 Å². The van der Waals surface area contributed by atoms with Gasteiger partial charge in [-0.3, -0.25) is 18.8 Å². The first kappa shape index (κ1) is 21.6. The van der Waals surface area contributed by atoms with Crippen LogP contribution < -0.4 is 10.9 Å². The smallest absolute Gasteiger partial charge is 0.352 e. The minimum absolute atomic E-state index is 0.0283. The zero-order valence-electron chi connectivity index (χ0n) is 17.0. The van der Waals surface area contributed by atoms with Crippen molar-refractivity contribution < 1.29 is 18.0 Å². The van der Waals surface area contributed by atoms with E-state index in [4.69, 9.17) is 0 Å². The van der Waals surface area contributed by atoms with E-state index in [1.54, 1.807) is 0 Å². The third-order valence-corrected chi connectivity index (χ3v) is 4.97. The van der Waals surface area contributed by atoms with Gasteiger partial charge in [-0.15, -0.1) is 0 Å². The first-order valence-electron chi connectivity index (χ1n) is 9.55. The number of aromatic nitrogens is 3. The average Bonchev–Trinajstić information content (AvgIpc) is 2.96. The van der Waals surface area contributed by atoms with E-state index in [1.807, 2.05) is 37.3 Å². The van der Waals surface area contributed by atoms with E-state index < -0.39 is 23.2 Å². The van der Waals surface area contributed by atoms with Gasteiger partial charge in [0.15, 0.2) is 0 Å². The van der Waals surface area contributed by atoms with Gasteiger partial charge < -0.3 is 5.32 Å². The number of nitrogens with one attached hydrogen (secondary N) is 1. The molecule has 6 nitrogen and oxygen atoms in total. The zero-order valence-corrected chi connectivity index (χ0v) is 17.0. The number of halogens is 3. The van der Waals surface area contributed by atoms with Crippen molar-refractivity contribution in [2.24, 2.45) is 7.05 Å². The molecule has 9 heteroatoms. The number of rotatable bonds is 6. The normalized spacial score (nSPS) is 12.9. The van der Waals surface area contributed by atoms with Gasteiger partial charge in [-0.1, -0.05) is 30.3 Å². The largest absolute Gasteiger partial charge is 0.417 e. The summed E-state index contributed by atoms with van der Waals surface area (Å²) in [6, 6.07) is 10.2. The lowest BCUT2D eigenvalue weighted by molar-refractivity contribution is -0.136. The quantitative estimate of drug-likeness (QED) is 0.666. The van der Waals surface area contributed by atoms with Gasteiger partial charge in [-0.25, -0.2) is 0 Å². The third kappa shape index (κ3) is 4.55. The summed E-state index contributed by atoms with van der Waals surface area (Å²) in [5.74, 6) is -0.447. The van der Waals surface area contributed by atoms with Crippen molar-refractivity contribution in [2.45, 2.75) is 45.5 Å². The number of amides is 1. The summed E-state index contributed by atoms with van der Waals surface area (Å²) in [6.07, 6.45) is -3.23. The number of carbonyl (C=O) groups is 1. The van der Waals surface area contributed by atoms with Gasteiger partial charge >= 0.3 is 6.18 Å². The molecule has 2 aromatic heterocycles. The Morgan fingerprint density at radius 3 is 2.53 bits per heavy atom. The third-order valence-electron chi connectivity index (χ3n) is 4.97. The van der Waals surface area contributed by atoms with Crippen LogP contribution in [0.15, 0.2) is 41.2 Å². The van der Waals surface area contributed by atoms with Crippen LogP contribution in [0.1, 0.15) is 30.2 Å². The predicted octanol–water partition coefficient (Wildman–Crippen LogP) is 3.20. The molecule has 0 bridgehead atoms. The summed E-state index contributed by atoms with van der Waals surface area (Å²) in [7, 11) is 1.45. The molecular weight excluding hydrogens is 397 g/mol. The minimum Gasteiger partial charge on any atom is -0.352 e. The highest BCUT2D eigenvalue weighted by molar-refractivity contribution is 5.85. The van der Waals surface area contributed by atoms with Gasteiger partial charge in [-0.05, 0) is 32.3 Å². The Bertz CT molecular complexity index is 1120. The summed E-state index contributed by atoms with van der Waals surface area (Å²) in [4.78, 5) is 24.9. The Labute approximate surface area is 171 Å². The molecule has 1 amide bonds. The van der Waals surface area contributed by atoms with Crippen LogP contribution in [-0.4, -0.2) is 26.3 Å². The standard InChI is InChI=1S/C21H23F3N4O2/c1-13(9-10-15-7-5-4-6-8-15)25-17(29)12-28-18(30)11-16(21(22,23)24)19-14(2)26-27(3)20(19)28/h4-8,11,13H,9-10,12H2,1-3H3,(H,25,29). The molecule has 1 N–H and O–H groups in total. The molecule has 3 rings (SSSR count). The Hall–Kier alpha value is -3.10. The molecule has 160 valence electrons. The minimum atomic E-state index is -4.70. The monoisotopic (exact) mass is 420 g/mol. The van der Waals surface area contributed by atoms with Gasteiger partial charge in [0.1, 0.15) is 12.2 Å². The van der Waals surface area contributed by atoms with Crippen molar-refractivity contribution in [3.05, 3.63) is 63.6 Å². The van der Waals surface area contributed by atoms with E-state index in [0.29, 0.717) is 12.5 Å². The molecule has 0 saturated heterocycles. The van der Waals surface area contributed by atoms with E-state index in [1.165, 1.54) is 18.7 Å². The fraction of sp³-hybridized carbons (Fsp3) is 0.381. The van der Waals surface area contributed by atoms with E-state index in [0.717, 1.165) is 16.6 Å². The van der Waals surface area contributed by atoms with Gasteiger partial charge in [0, 0.05) is 19.2 Å². The summed E-state index contributed by atoms with van der Waals surface area (Å²) < 4.78 is 42.5. The Kier molecular flexibility index (Phi) is 6.00. The van der Waals surface area contributed by atoms with Crippen LogP contribution in [0.3, 0.4) is 0 Å². The summed E-state index contributed by atoms with van der Waals surface area (Å²) in [5, 5.41) is 6.66. The molecule has 1 unspecified atom stereocenters. The van der Waals surface area contributed by atoms with Gasteiger partial charge in [0.05, 0.1) is 16.6 Å². The SMILES string of the molecule is Cc1nn(C)c2c1c(C(F)(F)F)cc(=O)n2CC(=O)NC(C)CCc1ccccc1. The van der Waals surface area contributed by atoms with E-state index >= 15 is 0 Å².